The molecule has 2 atom stereocenters. The van der Waals surface area contributed by atoms with Gasteiger partial charge in [0.2, 0.25) is 0 Å². The van der Waals surface area contributed by atoms with Gasteiger partial charge in [0.1, 0.15) is 5.69 Å². The Labute approximate surface area is 197 Å². The Morgan fingerprint density at radius 1 is 1.06 bits per heavy atom. The van der Waals surface area contributed by atoms with E-state index in [1.807, 2.05) is 18.8 Å². The highest BCUT2D eigenvalue weighted by atomic mass is 127. The predicted molar refractivity (Wildman–Crippen MR) is 133 cm³/mol. The molecule has 0 radical (unpaired) electrons. The predicted octanol–water partition coefficient (Wildman–Crippen LogP) is 4.52. The van der Waals surface area contributed by atoms with E-state index in [0.717, 1.165) is 59.8 Å². The van der Waals surface area contributed by atoms with Crippen molar-refractivity contribution >= 4 is 34.1 Å². The lowest BCUT2D eigenvalue weighted by molar-refractivity contribution is 0.0705. The minimum absolute atomic E-state index is 0.0698. The molecule has 160 valence electrons. The van der Waals surface area contributed by atoms with Crippen LogP contribution in [0.5, 0.6) is 0 Å². The molecule has 6 heteroatoms. The molecule has 0 saturated carbocycles. The largest absolute Gasteiger partial charge is 0.378 e. The van der Waals surface area contributed by atoms with Crippen molar-refractivity contribution in [3.05, 3.63) is 63.4 Å². The molecule has 1 fully saturated rings. The number of nitrogens with zero attached hydrogens (tertiary/aromatic N) is 4. The standard InChI is InChI=1S/C25H27IN4O/c1-28(2)19-8-4-16(5-9-19)24-23-22(30(27-24)20-10-6-18(26)7-11-20)14-17-12-13-29(3)15-21(17)25(23)31/h4-11,17,21H,12-15H2,1-3H3. The van der Waals surface area contributed by atoms with E-state index in [2.05, 4.69) is 88.0 Å². The van der Waals surface area contributed by atoms with Gasteiger partial charge >= 0.3 is 0 Å². The molecule has 0 bridgehead atoms. The van der Waals surface area contributed by atoms with Gasteiger partial charge in [-0.3, -0.25) is 4.79 Å². The van der Waals surface area contributed by atoms with Gasteiger partial charge in [-0.1, -0.05) is 12.1 Å². The van der Waals surface area contributed by atoms with Gasteiger partial charge in [-0.15, -0.1) is 0 Å². The quantitative estimate of drug-likeness (QED) is 0.471. The van der Waals surface area contributed by atoms with E-state index in [4.69, 9.17) is 5.10 Å². The molecule has 3 aromatic rings. The van der Waals surface area contributed by atoms with E-state index < -0.39 is 0 Å². The molecule has 1 aromatic heterocycles. The Morgan fingerprint density at radius 3 is 2.45 bits per heavy atom. The number of aromatic nitrogens is 2. The fraction of sp³-hybridized carbons (Fsp3) is 0.360. The number of Topliss-reactive ketones (excluding diaryl/α,β-unsaturated/α-hetero) is 1. The highest BCUT2D eigenvalue weighted by Gasteiger charge is 2.42. The summed E-state index contributed by atoms with van der Waals surface area (Å²) >= 11 is 2.32. The molecule has 0 spiro atoms. The number of likely N-dealkylation sites (tertiary alicyclic amines) is 1. The number of hydrogen-bond donors (Lipinski definition) is 0. The van der Waals surface area contributed by atoms with Crippen molar-refractivity contribution in [3.63, 3.8) is 0 Å². The Morgan fingerprint density at radius 2 is 1.77 bits per heavy atom. The summed E-state index contributed by atoms with van der Waals surface area (Å²) in [5, 5.41) is 5.03. The van der Waals surface area contributed by atoms with E-state index >= 15 is 0 Å². The van der Waals surface area contributed by atoms with Crippen LogP contribution in [0.1, 0.15) is 22.5 Å². The third kappa shape index (κ3) is 3.69. The van der Waals surface area contributed by atoms with Crippen LogP contribution in [-0.4, -0.2) is 54.7 Å². The van der Waals surface area contributed by atoms with Crippen LogP contribution < -0.4 is 4.90 Å². The van der Waals surface area contributed by atoms with Gasteiger partial charge in [-0.2, -0.15) is 5.10 Å². The number of halogens is 1. The van der Waals surface area contributed by atoms with E-state index in [1.165, 1.54) is 3.57 Å². The first-order valence-corrected chi connectivity index (χ1v) is 11.9. The molecule has 2 heterocycles. The molecule has 5 nitrogen and oxygen atoms in total. The fourth-order valence-electron chi connectivity index (χ4n) is 4.95. The molecular weight excluding hydrogens is 499 g/mol. The van der Waals surface area contributed by atoms with Crippen molar-refractivity contribution in [2.45, 2.75) is 12.8 Å². The Kier molecular flexibility index (Phi) is 5.38. The van der Waals surface area contributed by atoms with Crippen LogP contribution >= 0.6 is 22.6 Å². The van der Waals surface area contributed by atoms with Gasteiger partial charge in [0.15, 0.2) is 5.78 Å². The summed E-state index contributed by atoms with van der Waals surface area (Å²) < 4.78 is 3.21. The van der Waals surface area contributed by atoms with E-state index in [9.17, 15) is 4.79 Å². The van der Waals surface area contributed by atoms with Crippen LogP contribution in [0.15, 0.2) is 48.5 Å². The molecule has 0 amide bonds. The van der Waals surface area contributed by atoms with Gasteiger partial charge in [0.05, 0.1) is 16.9 Å². The molecule has 1 aliphatic heterocycles. The van der Waals surface area contributed by atoms with E-state index in [-0.39, 0.29) is 11.7 Å². The number of ketones is 1. The summed E-state index contributed by atoms with van der Waals surface area (Å²) in [7, 11) is 6.19. The molecule has 31 heavy (non-hydrogen) atoms. The summed E-state index contributed by atoms with van der Waals surface area (Å²) in [6, 6.07) is 16.7. The maximum Gasteiger partial charge on any atom is 0.171 e. The SMILES string of the molecule is CN1CCC2Cc3c(c(-c4ccc(N(C)C)cc4)nn3-c3ccc(I)cc3)C(=O)C2C1. The summed E-state index contributed by atoms with van der Waals surface area (Å²) in [6.07, 6.45) is 1.98. The topological polar surface area (TPSA) is 41.4 Å². The first kappa shape index (κ1) is 20.7. The van der Waals surface area contributed by atoms with Gasteiger partial charge in [0.25, 0.3) is 0 Å². The zero-order chi connectivity index (χ0) is 21.7. The third-order valence-corrected chi connectivity index (χ3v) is 7.43. The van der Waals surface area contributed by atoms with Crippen molar-refractivity contribution in [1.82, 2.24) is 14.7 Å². The monoisotopic (exact) mass is 526 g/mol. The smallest absolute Gasteiger partial charge is 0.171 e. The van der Waals surface area contributed by atoms with Crippen LogP contribution in [0, 0.1) is 15.4 Å². The molecule has 0 N–H and O–H groups in total. The van der Waals surface area contributed by atoms with Crippen molar-refractivity contribution in [1.29, 1.82) is 0 Å². The second-order valence-electron chi connectivity index (χ2n) is 8.99. The first-order chi connectivity index (χ1) is 14.9. The van der Waals surface area contributed by atoms with Crippen molar-refractivity contribution in [2.75, 3.05) is 39.1 Å². The summed E-state index contributed by atoms with van der Waals surface area (Å²) in [5.41, 5.74) is 5.87. The molecule has 1 aliphatic carbocycles. The third-order valence-electron chi connectivity index (χ3n) is 6.71. The number of benzene rings is 2. The van der Waals surface area contributed by atoms with Crippen LogP contribution in [0.4, 0.5) is 5.69 Å². The first-order valence-electron chi connectivity index (χ1n) is 10.8. The number of anilines is 1. The molecule has 5 rings (SSSR count). The Hall–Kier alpha value is -2.19. The van der Waals surface area contributed by atoms with Gasteiger partial charge in [-0.05, 0) is 91.3 Å². The van der Waals surface area contributed by atoms with Crippen LogP contribution in [0.3, 0.4) is 0 Å². The van der Waals surface area contributed by atoms with E-state index in [1.54, 1.807) is 0 Å². The van der Waals surface area contributed by atoms with Gasteiger partial charge < -0.3 is 9.80 Å². The molecular formula is C25H27IN4O. The second-order valence-corrected chi connectivity index (χ2v) is 10.2. The maximum atomic E-state index is 13.8. The number of fused-ring (bicyclic) bond motifs is 2. The summed E-state index contributed by atoms with van der Waals surface area (Å²) in [6.45, 7) is 1.90. The number of rotatable bonds is 3. The fourth-order valence-corrected chi connectivity index (χ4v) is 5.31. The van der Waals surface area contributed by atoms with Crippen molar-refractivity contribution in [2.24, 2.45) is 11.8 Å². The zero-order valence-electron chi connectivity index (χ0n) is 18.2. The maximum absolute atomic E-state index is 13.8. The average molecular weight is 526 g/mol. The van der Waals surface area contributed by atoms with Gasteiger partial charge in [0, 0.05) is 41.4 Å². The summed E-state index contributed by atoms with van der Waals surface area (Å²) in [5.74, 6) is 0.737. The zero-order valence-corrected chi connectivity index (χ0v) is 20.3. The van der Waals surface area contributed by atoms with E-state index in [0.29, 0.717) is 5.92 Å². The minimum atomic E-state index is 0.0698. The lowest BCUT2D eigenvalue weighted by Gasteiger charge is -2.38. The van der Waals surface area contributed by atoms with Crippen LogP contribution in [0.25, 0.3) is 16.9 Å². The second kappa shape index (κ2) is 8.06. The number of hydrogen-bond acceptors (Lipinski definition) is 4. The average Bonchev–Trinajstić information content (AvgIpc) is 3.15. The lowest BCUT2D eigenvalue weighted by atomic mass is 9.72. The number of carbonyl (C=O) groups is 1. The molecule has 1 saturated heterocycles. The van der Waals surface area contributed by atoms with Crippen LogP contribution in [0.2, 0.25) is 0 Å². The highest BCUT2D eigenvalue weighted by molar-refractivity contribution is 14.1. The Balaban J connectivity index is 1.66. The number of piperidine rings is 1. The molecule has 2 aromatic carbocycles. The summed E-state index contributed by atoms with van der Waals surface area (Å²) in [4.78, 5) is 18.1. The Bertz CT molecular complexity index is 1120. The van der Waals surface area contributed by atoms with Gasteiger partial charge in [-0.25, -0.2) is 4.68 Å². The van der Waals surface area contributed by atoms with Crippen LogP contribution in [-0.2, 0) is 6.42 Å². The molecule has 2 aliphatic rings. The highest BCUT2D eigenvalue weighted by Crippen LogP contribution is 2.40. The lowest BCUT2D eigenvalue weighted by Crippen LogP contribution is -2.45. The van der Waals surface area contributed by atoms with Crippen molar-refractivity contribution in [3.8, 4) is 16.9 Å². The minimum Gasteiger partial charge on any atom is -0.378 e. The number of carbonyl (C=O) groups excluding carboxylic acids is 1. The molecule has 2 unspecified atom stereocenters. The van der Waals surface area contributed by atoms with Crippen molar-refractivity contribution < 1.29 is 4.79 Å². The normalized spacial score (nSPS) is 21.0.